The standard InChI is InChI=1S/C11H10BrN3O2/c12-9-2-1-8(3-10(9)16)11(17)13-4-7-5-14-15-6-7/h1-3,5-6,16H,4H2,(H,13,17)(H,14,15). The fourth-order valence-electron chi connectivity index (χ4n) is 1.31. The monoisotopic (exact) mass is 295 g/mol. The summed E-state index contributed by atoms with van der Waals surface area (Å²) >= 11 is 3.15. The first-order valence-electron chi connectivity index (χ1n) is 4.91. The van der Waals surface area contributed by atoms with Crippen LogP contribution in [-0.4, -0.2) is 21.2 Å². The third kappa shape index (κ3) is 2.85. The number of nitrogens with one attached hydrogen (secondary N) is 2. The summed E-state index contributed by atoms with van der Waals surface area (Å²) in [4.78, 5) is 11.7. The maximum absolute atomic E-state index is 11.7. The van der Waals surface area contributed by atoms with Crippen LogP contribution in [0.4, 0.5) is 0 Å². The Morgan fingerprint density at radius 3 is 3.00 bits per heavy atom. The normalized spacial score (nSPS) is 10.2. The summed E-state index contributed by atoms with van der Waals surface area (Å²) in [5.74, 6) is -0.199. The minimum atomic E-state index is -0.242. The average molecular weight is 296 g/mol. The van der Waals surface area contributed by atoms with Gasteiger partial charge in [0.05, 0.1) is 10.7 Å². The van der Waals surface area contributed by atoms with Crippen LogP contribution >= 0.6 is 15.9 Å². The average Bonchev–Trinajstić information content (AvgIpc) is 2.82. The van der Waals surface area contributed by atoms with E-state index in [1.807, 2.05) is 0 Å². The number of aromatic amines is 1. The zero-order valence-electron chi connectivity index (χ0n) is 8.77. The Kier molecular flexibility index (Phi) is 3.43. The van der Waals surface area contributed by atoms with Crippen molar-refractivity contribution in [2.24, 2.45) is 0 Å². The third-order valence-electron chi connectivity index (χ3n) is 2.22. The van der Waals surface area contributed by atoms with Gasteiger partial charge >= 0.3 is 0 Å². The van der Waals surface area contributed by atoms with E-state index in [1.165, 1.54) is 6.07 Å². The molecule has 0 aliphatic heterocycles. The molecular formula is C11H10BrN3O2. The maximum atomic E-state index is 11.7. The van der Waals surface area contributed by atoms with E-state index in [9.17, 15) is 9.90 Å². The maximum Gasteiger partial charge on any atom is 0.251 e. The van der Waals surface area contributed by atoms with E-state index in [2.05, 4.69) is 31.4 Å². The lowest BCUT2D eigenvalue weighted by Crippen LogP contribution is -2.22. The van der Waals surface area contributed by atoms with Crippen LogP contribution < -0.4 is 5.32 Å². The number of phenolic OH excluding ortho intramolecular Hbond substituents is 1. The van der Waals surface area contributed by atoms with Crippen LogP contribution in [0.25, 0.3) is 0 Å². The van der Waals surface area contributed by atoms with Gasteiger partial charge in [0, 0.05) is 23.9 Å². The number of aromatic hydroxyl groups is 1. The van der Waals surface area contributed by atoms with Crippen LogP contribution in [0.5, 0.6) is 5.75 Å². The first-order valence-corrected chi connectivity index (χ1v) is 5.70. The number of phenols is 1. The van der Waals surface area contributed by atoms with Gasteiger partial charge in [0.15, 0.2) is 0 Å². The molecule has 3 N–H and O–H groups in total. The molecule has 5 nitrogen and oxygen atoms in total. The van der Waals surface area contributed by atoms with Crippen molar-refractivity contribution >= 4 is 21.8 Å². The summed E-state index contributed by atoms with van der Waals surface area (Å²) in [5.41, 5.74) is 1.30. The quantitative estimate of drug-likeness (QED) is 0.808. The SMILES string of the molecule is O=C(NCc1cn[nH]c1)c1ccc(Br)c(O)c1. The molecule has 0 aliphatic rings. The summed E-state index contributed by atoms with van der Waals surface area (Å²) in [6.45, 7) is 0.395. The van der Waals surface area contributed by atoms with Crippen molar-refractivity contribution in [3.05, 3.63) is 46.2 Å². The minimum absolute atomic E-state index is 0.0426. The molecule has 1 amide bonds. The highest BCUT2D eigenvalue weighted by molar-refractivity contribution is 9.10. The van der Waals surface area contributed by atoms with Gasteiger partial charge in [0.1, 0.15) is 5.75 Å². The second-order valence-electron chi connectivity index (χ2n) is 3.46. The van der Waals surface area contributed by atoms with Crippen molar-refractivity contribution in [1.82, 2.24) is 15.5 Å². The van der Waals surface area contributed by atoms with Crippen molar-refractivity contribution in [3.63, 3.8) is 0 Å². The highest BCUT2D eigenvalue weighted by Gasteiger charge is 2.08. The number of benzene rings is 1. The molecule has 0 atom stereocenters. The second kappa shape index (κ2) is 5.01. The lowest BCUT2D eigenvalue weighted by atomic mass is 10.2. The van der Waals surface area contributed by atoms with Gasteiger partial charge in [-0.1, -0.05) is 0 Å². The molecule has 1 aromatic heterocycles. The molecule has 0 radical (unpaired) electrons. The first-order chi connectivity index (χ1) is 8.16. The Hall–Kier alpha value is -1.82. The molecule has 0 saturated carbocycles. The molecule has 0 unspecified atom stereocenters. The van der Waals surface area contributed by atoms with Gasteiger partial charge in [-0.25, -0.2) is 0 Å². The minimum Gasteiger partial charge on any atom is -0.507 e. The molecule has 6 heteroatoms. The Balaban J connectivity index is 2.02. The van der Waals surface area contributed by atoms with Crippen LogP contribution in [0.2, 0.25) is 0 Å². The third-order valence-corrected chi connectivity index (χ3v) is 2.89. The molecule has 0 bridgehead atoms. The largest absolute Gasteiger partial charge is 0.507 e. The molecular weight excluding hydrogens is 286 g/mol. The van der Waals surface area contributed by atoms with Crippen molar-refractivity contribution < 1.29 is 9.90 Å². The topological polar surface area (TPSA) is 78.0 Å². The van der Waals surface area contributed by atoms with E-state index in [1.54, 1.807) is 24.5 Å². The molecule has 0 saturated heterocycles. The summed E-state index contributed by atoms with van der Waals surface area (Å²) < 4.78 is 0.559. The Labute approximate surface area is 106 Å². The van der Waals surface area contributed by atoms with Gasteiger partial charge in [-0.15, -0.1) is 0 Å². The fourth-order valence-corrected chi connectivity index (χ4v) is 1.56. The smallest absolute Gasteiger partial charge is 0.251 e. The highest BCUT2D eigenvalue weighted by Crippen LogP contribution is 2.24. The van der Waals surface area contributed by atoms with Crippen molar-refractivity contribution in [1.29, 1.82) is 0 Å². The summed E-state index contributed by atoms with van der Waals surface area (Å²) in [7, 11) is 0. The van der Waals surface area contributed by atoms with Gasteiger partial charge in [-0.05, 0) is 34.1 Å². The van der Waals surface area contributed by atoms with Gasteiger partial charge < -0.3 is 10.4 Å². The number of carbonyl (C=O) groups excluding carboxylic acids is 1. The van der Waals surface area contributed by atoms with E-state index >= 15 is 0 Å². The van der Waals surface area contributed by atoms with Crippen molar-refractivity contribution in [2.75, 3.05) is 0 Å². The molecule has 0 aliphatic carbocycles. The van der Waals surface area contributed by atoms with Crippen LogP contribution in [0.15, 0.2) is 35.1 Å². The van der Waals surface area contributed by atoms with Crippen LogP contribution in [0, 0.1) is 0 Å². The van der Waals surface area contributed by atoms with Crippen molar-refractivity contribution in [2.45, 2.75) is 6.54 Å². The second-order valence-corrected chi connectivity index (χ2v) is 4.31. The van der Waals surface area contributed by atoms with Crippen LogP contribution in [-0.2, 0) is 6.54 Å². The predicted molar refractivity (Wildman–Crippen MR) is 65.6 cm³/mol. The molecule has 88 valence electrons. The van der Waals surface area contributed by atoms with Crippen LogP contribution in [0.3, 0.4) is 0 Å². The molecule has 2 rings (SSSR count). The van der Waals surface area contributed by atoms with E-state index in [0.717, 1.165) is 5.56 Å². The number of aromatic nitrogens is 2. The number of carbonyl (C=O) groups is 1. The number of halogens is 1. The molecule has 0 spiro atoms. The van der Waals surface area contributed by atoms with E-state index in [4.69, 9.17) is 0 Å². The zero-order valence-corrected chi connectivity index (χ0v) is 10.4. The molecule has 0 fully saturated rings. The summed E-state index contributed by atoms with van der Waals surface area (Å²) in [6.07, 6.45) is 3.35. The van der Waals surface area contributed by atoms with Gasteiger partial charge in [0.25, 0.3) is 5.91 Å². The zero-order chi connectivity index (χ0) is 12.3. The number of H-pyrrole nitrogens is 1. The van der Waals surface area contributed by atoms with Gasteiger partial charge in [-0.2, -0.15) is 5.10 Å². The Bertz CT molecular complexity index is 526. The lowest BCUT2D eigenvalue weighted by Gasteiger charge is -2.04. The van der Waals surface area contributed by atoms with Crippen LogP contribution in [0.1, 0.15) is 15.9 Å². The van der Waals surface area contributed by atoms with Crippen molar-refractivity contribution in [3.8, 4) is 5.75 Å². The summed E-state index contributed by atoms with van der Waals surface area (Å²) in [5, 5.41) is 18.6. The number of amides is 1. The fraction of sp³-hybridized carbons (Fsp3) is 0.0909. The first kappa shape index (κ1) is 11.7. The number of hydrogen-bond donors (Lipinski definition) is 3. The molecule has 1 aromatic carbocycles. The van der Waals surface area contributed by atoms with Gasteiger partial charge in [0.2, 0.25) is 0 Å². The number of nitrogens with zero attached hydrogens (tertiary/aromatic N) is 1. The number of rotatable bonds is 3. The molecule has 1 heterocycles. The molecule has 2 aromatic rings. The van der Waals surface area contributed by atoms with E-state index < -0.39 is 0 Å². The van der Waals surface area contributed by atoms with Gasteiger partial charge in [-0.3, -0.25) is 9.89 Å². The lowest BCUT2D eigenvalue weighted by molar-refractivity contribution is 0.0950. The van der Waals surface area contributed by atoms with E-state index in [0.29, 0.717) is 16.6 Å². The summed E-state index contributed by atoms with van der Waals surface area (Å²) in [6, 6.07) is 4.67. The highest BCUT2D eigenvalue weighted by atomic mass is 79.9. The Morgan fingerprint density at radius 2 is 2.35 bits per heavy atom. The Morgan fingerprint density at radius 1 is 1.53 bits per heavy atom. The molecule has 17 heavy (non-hydrogen) atoms. The number of hydrogen-bond acceptors (Lipinski definition) is 3. The predicted octanol–water partition coefficient (Wildman–Crippen LogP) is 1.81. The van der Waals surface area contributed by atoms with E-state index in [-0.39, 0.29) is 11.7 Å².